The van der Waals surface area contributed by atoms with E-state index in [1.165, 1.54) is 12.1 Å². The van der Waals surface area contributed by atoms with E-state index in [4.69, 9.17) is 4.74 Å². The van der Waals surface area contributed by atoms with Crippen molar-refractivity contribution in [2.75, 3.05) is 13.2 Å². The molecule has 0 atom stereocenters. The zero-order valence-corrected chi connectivity index (χ0v) is 14.0. The molecule has 1 aliphatic rings. The molecule has 2 aromatic heterocycles. The summed E-state index contributed by atoms with van der Waals surface area (Å²) in [4.78, 5) is 17.4. The molecule has 0 bridgehead atoms. The maximum Gasteiger partial charge on any atom is 0.255 e. The molecule has 1 aromatic carbocycles. The quantitative estimate of drug-likeness (QED) is 0.798. The maximum absolute atomic E-state index is 13.2. The first-order valence-electron chi connectivity index (χ1n) is 8.10. The van der Waals surface area contributed by atoms with Crippen LogP contribution in [-0.4, -0.2) is 28.5 Å². The van der Waals surface area contributed by atoms with Crippen LogP contribution < -0.4 is 5.32 Å². The summed E-state index contributed by atoms with van der Waals surface area (Å²) in [5.41, 5.74) is 3.22. The summed E-state index contributed by atoms with van der Waals surface area (Å²) >= 11 is 0. The number of halogens is 1. The highest BCUT2D eigenvalue weighted by atomic mass is 19.1. The van der Waals surface area contributed by atoms with Gasteiger partial charge >= 0.3 is 0 Å². The fourth-order valence-corrected chi connectivity index (χ4v) is 3.24. The third-order valence-corrected chi connectivity index (χ3v) is 4.63. The lowest BCUT2D eigenvalue weighted by atomic mass is 9.87. The Hall–Kier alpha value is -2.73. The molecule has 0 spiro atoms. The summed E-state index contributed by atoms with van der Waals surface area (Å²) in [7, 11) is 0. The second-order valence-corrected chi connectivity index (χ2v) is 6.50. The zero-order valence-electron chi connectivity index (χ0n) is 14.0. The summed E-state index contributed by atoms with van der Waals surface area (Å²) in [6.45, 7) is 4.61. The number of aromatic nitrogens is 2. The average molecular weight is 339 g/mol. The van der Waals surface area contributed by atoms with Crippen molar-refractivity contribution < 1.29 is 13.9 Å². The molecule has 5 nitrogen and oxygen atoms in total. The maximum atomic E-state index is 13.2. The number of nitrogens with zero attached hydrogens (tertiary/aromatic N) is 2. The zero-order chi connectivity index (χ0) is 17.6. The average Bonchev–Trinajstić information content (AvgIpc) is 2.96. The highest BCUT2D eigenvalue weighted by Crippen LogP contribution is 2.30. The molecule has 0 aliphatic carbocycles. The first kappa shape index (κ1) is 15.8. The molecule has 0 saturated carbocycles. The van der Waals surface area contributed by atoms with Crippen molar-refractivity contribution in [2.45, 2.75) is 19.4 Å². The molecule has 1 fully saturated rings. The molecule has 3 heterocycles. The van der Waals surface area contributed by atoms with Crippen LogP contribution in [0.5, 0.6) is 0 Å². The first-order valence-corrected chi connectivity index (χ1v) is 8.10. The van der Waals surface area contributed by atoms with Crippen molar-refractivity contribution in [2.24, 2.45) is 0 Å². The predicted octanol–water partition coefficient (Wildman–Crippen LogP) is 2.75. The lowest BCUT2D eigenvalue weighted by molar-refractivity contribution is -0.0733. The minimum Gasteiger partial charge on any atom is -0.376 e. The summed E-state index contributed by atoms with van der Waals surface area (Å²) in [6.07, 6.45) is 1.84. The van der Waals surface area contributed by atoms with Crippen molar-refractivity contribution in [1.29, 1.82) is 0 Å². The Kier molecular flexibility index (Phi) is 3.58. The monoisotopic (exact) mass is 339 g/mol. The molecule has 25 heavy (non-hydrogen) atoms. The van der Waals surface area contributed by atoms with Gasteiger partial charge in [0.2, 0.25) is 0 Å². The largest absolute Gasteiger partial charge is 0.376 e. The summed E-state index contributed by atoms with van der Waals surface area (Å²) in [5, 5.41) is 3.06. The van der Waals surface area contributed by atoms with Gasteiger partial charge in [-0.25, -0.2) is 9.37 Å². The van der Waals surface area contributed by atoms with Gasteiger partial charge in [0.05, 0.1) is 18.8 Å². The third kappa shape index (κ3) is 2.59. The number of fused-ring (bicyclic) bond motifs is 1. The van der Waals surface area contributed by atoms with Crippen LogP contribution in [0, 0.1) is 19.7 Å². The standard InChI is InChI=1S/C19H18FN3O2/c1-12-9-13(2)23-8-7-16(17(23)21-12)18(24)22-19(10-25-11-19)14-3-5-15(20)6-4-14/h3-9H,10-11H2,1-2H3,(H,22,24). The number of hydrogen-bond acceptors (Lipinski definition) is 3. The highest BCUT2D eigenvalue weighted by molar-refractivity contribution is 6.00. The number of aryl methyl sites for hydroxylation is 2. The van der Waals surface area contributed by atoms with Crippen LogP contribution in [0.25, 0.3) is 5.65 Å². The molecule has 4 rings (SSSR count). The minimum atomic E-state index is -0.627. The SMILES string of the molecule is Cc1cc(C)n2ccc(C(=O)NC3(c4ccc(F)cc4)COC3)c2n1. The number of amides is 1. The molecule has 128 valence electrons. The molecule has 1 saturated heterocycles. The van der Waals surface area contributed by atoms with Gasteiger partial charge in [0.15, 0.2) is 0 Å². The molecule has 1 N–H and O–H groups in total. The molecular formula is C19H18FN3O2. The fourth-order valence-electron chi connectivity index (χ4n) is 3.24. The van der Waals surface area contributed by atoms with Crippen molar-refractivity contribution in [3.8, 4) is 0 Å². The fraction of sp³-hybridized carbons (Fsp3) is 0.263. The highest BCUT2D eigenvalue weighted by Gasteiger charge is 2.42. The van der Waals surface area contributed by atoms with E-state index < -0.39 is 5.54 Å². The minimum absolute atomic E-state index is 0.215. The number of carbonyl (C=O) groups excluding carboxylic acids is 1. The van der Waals surface area contributed by atoms with Gasteiger partial charge in [-0.1, -0.05) is 12.1 Å². The van der Waals surface area contributed by atoms with Gasteiger partial charge in [-0.2, -0.15) is 0 Å². The van der Waals surface area contributed by atoms with Crippen molar-refractivity contribution in [3.63, 3.8) is 0 Å². The lowest BCUT2D eigenvalue weighted by Gasteiger charge is -2.42. The number of ether oxygens (including phenoxy) is 1. The van der Waals surface area contributed by atoms with E-state index in [1.54, 1.807) is 18.2 Å². The van der Waals surface area contributed by atoms with Crippen molar-refractivity contribution in [1.82, 2.24) is 14.7 Å². The van der Waals surface area contributed by atoms with Crippen LogP contribution in [0.1, 0.15) is 27.3 Å². The van der Waals surface area contributed by atoms with E-state index in [0.717, 1.165) is 17.0 Å². The van der Waals surface area contributed by atoms with Gasteiger partial charge in [0.1, 0.15) is 17.0 Å². The molecule has 0 radical (unpaired) electrons. The van der Waals surface area contributed by atoms with Crippen molar-refractivity contribution in [3.05, 3.63) is 70.9 Å². The predicted molar refractivity (Wildman–Crippen MR) is 91.0 cm³/mol. The van der Waals surface area contributed by atoms with Crippen molar-refractivity contribution >= 4 is 11.6 Å². The molecule has 1 amide bonds. The summed E-state index contributed by atoms with van der Waals surface area (Å²) in [5.74, 6) is -0.522. The number of benzene rings is 1. The Morgan fingerprint density at radius 3 is 2.60 bits per heavy atom. The molecule has 1 aliphatic heterocycles. The van der Waals surface area contributed by atoms with Gasteiger partial charge in [-0.3, -0.25) is 4.79 Å². The van der Waals surface area contributed by atoms with E-state index in [2.05, 4.69) is 10.3 Å². The van der Waals surface area contributed by atoms with Crippen LogP contribution in [0.4, 0.5) is 4.39 Å². The first-order chi connectivity index (χ1) is 12.0. The van der Waals surface area contributed by atoms with Crippen LogP contribution >= 0.6 is 0 Å². The Bertz CT molecular complexity index is 959. The number of nitrogens with one attached hydrogen (secondary N) is 1. The van der Waals surface area contributed by atoms with Crippen LogP contribution in [0.2, 0.25) is 0 Å². The van der Waals surface area contributed by atoms with Gasteiger partial charge in [-0.05, 0) is 43.7 Å². The van der Waals surface area contributed by atoms with E-state index in [0.29, 0.717) is 24.4 Å². The lowest BCUT2D eigenvalue weighted by Crippen LogP contribution is -2.59. The Labute approximate surface area is 144 Å². The van der Waals surface area contributed by atoms with Crippen LogP contribution in [-0.2, 0) is 10.3 Å². The number of hydrogen-bond donors (Lipinski definition) is 1. The number of rotatable bonds is 3. The van der Waals surface area contributed by atoms with Gasteiger partial charge < -0.3 is 14.5 Å². The van der Waals surface area contributed by atoms with Gasteiger partial charge in [-0.15, -0.1) is 0 Å². The van der Waals surface area contributed by atoms with Crippen LogP contribution in [0.3, 0.4) is 0 Å². The summed E-state index contributed by atoms with van der Waals surface area (Å²) < 4.78 is 20.4. The van der Waals surface area contributed by atoms with E-state index in [9.17, 15) is 9.18 Å². The van der Waals surface area contributed by atoms with E-state index >= 15 is 0 Å². The van der Waals surface area contributed by atoms with Gasteiger partial charge in [0.25, 0.3) is 5.91 Å². The van der Waals surface area contributed by atoms with Crippen LogP contribution in [0.15, 0.2) is 42.6 Å². The second kappa shape index (κ2) is 5.67. The van der Waals surface area contributed by atoms with E-state index in [1.807, 2.05) is 30.5 Å². The smallest absolute Gasteiger partial charge is 0.255 e. The number of carbonyl (C=O) groups is 1. The Morgan fingerprint density at radius 2 is 1.96 bits per heavy atom. The topological polar surface area (TPSA) is 55.6 Å². The third-order valence-electron chi connectivity index (χ3n) is 4.63. The Morgan fingerprint density at radius 1 is 1.24 bits per heavy atom. The molecule has 3 aromatic rings. The molecule has 0 unspecified atom stereocenters. The molecule has 6 heteroatoms. The van der Waals surface area contributed by atoms with Gasteiger partial charge in [0, 0.05) is 17.6 Å². The summed E-state index contributed by atoms with van der Waals surface area (Å²) in [6, 6.07) is 9.88. The molecular weight excluding hydrogens is 321 g/mol. The second-order valence-electron chi connectivity index (χ2n) is 6.50. The Balaban J connectivity index is 1.68. The van der Waals surface area contributed by atoms with E-state index in [-0.39, 0.29) is 11.7 Å². The normalized spacial score (nSPS) is 15.8.